The van der Waals surface area contributed by atoms with Crippen LogP contribution in [-0.4, -0.2) is 53.4 Å². The summed E-state index contributed by atoms with van der Waals surface area (Å²) in [6, 6.07) is 13.6. The van der Waals surface area contributed by atoms with Crippen LogP contribution in [0.25, 0.3) is 10.8 Å². The van der Waals surface area contributed by atoms with Crippen LogP contribution in [0.15, 0.2) is 42.5 Å². The zero-order chi connectivity index (χ0) is 16.7. The van der Waals surface area contributed by atoms with E-state index in [0.29, 0.717) is 19.5 Å². The summed E-state index contributed by atoms with van der Waals surface area (Å²) in [6.07, 6.45) is -0.293. The molecule has 0 spiro atoms. The summed E-state index contributed by atoms with van der Waals surface area (Å²) < 4.78 is 4.71. The Labute approximate surface area is 138 Å². The average molecular weight is 324 g/mol. The van der Waals surface area contributed by atoms with Gasteiger partial charge in [0.25, 0.3) is 5.91 Å². The topological polar surface area (TPSA) is 66.9 Å². The molecule has 6 heteroatoms. The second-order valence-corrected chi connectivity index (χ2v) is 6.09. The minimum absolute atomic E-state index is 0.00242. The summed E-state index contributed by atoms with van der Waals surface area (Å²) in [5, 5.41) is 2.18. The lowest BCUT2D eigenvalue weighted by molar-refractivity contribution is -0.141. The quantitative estimate of drug-likeness (QED) is 0.859. The van der Waals surface area contributed by atoms with Crippen molar-refractivity contribution in [1.82, 2.24) is 9.80 Å². The fourth-order valence-corrected chi connectivity index (χ4v) is 3.26. The minimum Gasteiger partial charge on any atom is -0.439 e. The number of nitrogens with zero attached hydrogens (tertiary/aromatic N) is 2. The highest BCUT2D eigenvalue weighted by Crippen LogP contribution is 2.23. The molecule has 2 aliphatic heterocycles. The van der Waals surface area contributed by atoms with E-state index in [2.05, 4.69) is 0 Å². The van der Waals surface area contributed by atoms with Crippen LogP contribution in [0.5, 0.6) is 0 Å². The third-order valence-electron chi connectivity index (χ3n) is 4.59. The Morgan fingerprint density at radius 3 is 2.58 bits per heavy atom. The number of rotatable bonds is 3. The van der Waals surface area contributed by atoms with Crippen molar-refractivity contribution in [3.8, 4) is 0 Å². The maximum absolute atomic E-state index is 12.5. The lowest BCUT2D eigenvalue weighted by Crippen LogP contribution is -2.62. The molecule has 2 aromatic carbocycles. The third-order valence-corrected chi connectivity index (χ3v) is 4.59. The highest BCUT2D eigenvalue weighted by atomic mass is 16.6. The summed E-state index contributed by atoms with van der Waals surface area (Å²) in [4.78, 5) is 38.4. The number of hydrogen-bond acceptors (Lipinski definition) is 4. The number of cyclic esters (lactones) is 1. The Morgan fingerprint density at radius 2 is 1.83 bits per heavy atom. The number of benzene rings is 2. The van der Waals surface area contributed by atoms with E-state index in [0.717, 1.165) is 21.2 Å². The number of amides is 3. The molecular weight excluding hydrogens is 308 g/mol. The van der Waals surface area contributed by atoms with Crippen molar-refractivity contribution in [1.29, 1.82) is 0 Å². The van der Waals surface area contributed by atoms with Gasteiger partial charge in [-0.1, -0.05) is 42.5 Å². The van der Waals surface area contributed by atoms with E-state index in [1.807, 2.05) is 42.5 Å². The Balaban J connectivity index is 1.43. The van der Waals surface area contributed by atoms with Gasteiger partial charge in [-0.05, 0) is 16.3 Å². The summed E-state index contributed by atoms with van der Waals surface area (Å²) in [5.41, 5.74) is 0.984. The van der Waals surface area contributed by atoms with Crippen LogP contribution in [0.3, 0.4) is 0 Å². The predicted molar refractivity (Wildman–Crippen MR) is 86.2 cm³/mol. The van der Waals surface area contributed by atoms with Gasteiger partial charge in [-0.15, -0.1) is 0 Å². The van der Waals surface area contributed by atoms with Gasteiger partial charge in [0.05, 0.1) is 12.5 Å². The maximum atomic E-state index is 12.5. The van der Waals surface area contributed by atoms with E-state index in [9.17, 15) is 14.4 Å². The van der Waals surface area contributed by atoms with E-state index in [4.69, 9.17) is 4.74 Å². The Kier molecular flexibility index (Phi) is 3.45. The number of hydrogen-bond donors (Lipinski definition) is 0. The number of fused-ring (bicyclic) bond motifs is 1. The second kappa shape index (κ2) is 5.63. The number of carbonyl (C=O) groups is 3. The molecule has 0 aliphatic carbocycles. The van der Waals surface area contributed by atoms with Crippen molar-refractivity contribution >= 4 is 28.7 Å². The van der Waals surface area contributed by atoms with E-state index in [1.165, 1.54) is 0 Å². The molecule has 2 fully saturated rings. The molecule has 4 rings (SSSR count). The van der Waals surface area contributed by atoms with Gasteiger partial charge in [-0.25, -0.2) is 9.69 Å². The first kappa shape index (κ1) is 14.7. The van der Waals surface area contributed by atoms with E-state index in [-0.39, 0.29) is 24.5 Å². The van der Waals surface area contributed by atoms with Crippen LogP contribution < -0.4 is 0 Å². The highest BCUT2D eigenvalue weighted by molar-refractivity contribution is 5.98. The standard InChI is InChI=1S/C18H16N2O4/c21-16(8-13-6-3-5-12-4-1-2-7-15(12)13)19-9-14(10-19)20-17(22)11-24-18(20)23/h1-7,14H,8-11H2. The molecule has 2 heterocycles. The van der Waals surface area contributed by atoms with E-state index < -0.39 is 6.09 Å². The smallest absolute Gasteiger partial charge is 0.417 e. The van der Waals surface area contributed by atoms with Crippen LogP contribution in [0, 0.1) is 0 Å². The molecule has 0 radical (unpaired) electrons. The fourth-order valence-electron chi connectivity index (χ4n) is 3.26. The Morgan fingerprint density at radius 1 is 1.08 bits per heavy atom. The number of carbonyl (C=O) groups excluding carboxylic acids is 3. The lowest BCUT2D eigenvalue weighted by Gasteiger charge is -2.42. The second-order valence-electron chi connectivity index (χ2n) is 6.09. The van der Waals surface area contributed by atoms with E-state index >= 15 is 0 Å². The Hall–Kier alpha value is -2.89. The normalized spacial score (nSPS) is 18.0. The zero-order valence-electron chi connectivity index (χ0n) is 13.0. The van der Waals surface area contributed by atoms with E-state index in [1.54, 1.807) is 4.90 Å². The molecule has 2 aliphatic rings. The van der Waals surface area contributed by atoms with Crippen molar-refractivity contribution in [2.24, 2.45) is 0 Å². The van der Waals surface area contributed by atoms with Gasteiger partial charge in [0, 0.05) is 13.1 Å². The predicted octanol–water partition coefficient (Wildman–Crippen LogP) is 1.57. The molecular formula is C18H16N2O4. The molecule has 6 nitrogen and oxygen atoms in total. The number of ether oxygens (including phenoxy) is 1. The van der Waals surface area contributed by atoms with Crippen molar-refractivity contribution < 1.29 is 19.1 Å². The Bertz CT molecular complexity index is 821. The monoisotopic (exact) mass is 324 g/mol. The molecule has 122 valence electrons. The first-order valence-corrected chi connectivity index (χ1v) is 7.87. The zero-order valence-corrected chi connectivity index (χ0v) is 13.0. The van der Waals surface area contributed by atoms with Crippen molar-refractivity contribution in [3.63, 3.8) is 0 Å². The van der Waals surface area contributed by atoms with Gasteiger partial charge >= 0.3 is 6.09 Å². The maximum Gasteiger partial charge on any atom is 0.417 e. The highest BCUT2D eigenvalue weighted by Gasteiger charge is 2.44. The molecule has 3 amide bonds. The van der Waals surface area contributed by atoms with Crippen LogP contribution in [0.2, 0.25) is 0 Å². The average Bonchev–Trinajstić information content (AvgIpc) is 2.86. The summed E-state index contributed by atoms with van der Waals surface area (Å²) >= 11 is 0. The molecule has 2 aromatic rings. The van der Waals surface area contributed by atoms with Crippen molar-refractivity contribution in [2.75, 3.05) is 19.7 Å². The first-order chi connectivity index (χ1) is 11.6. The first-order valence-electron chi connectivity index (χ1n) is 7.87. The van der Waals surface area contributed by atoms with Gasteiger partial charge in [0.1, 0.15) is 0 Å². The molecule has 24 heavy (non-hydrogen) atoms. The molecule has 0 unspecified atom stereocenters. The van der Waals surface area contributed by atoms with Gasteiger partial charge in [-0.3, -0.25) is 9.59 Å². The number of imide groups is 1. The molecule has 0 aromatic heterocycles. The van der Waals surface area contributed by atoms with Crippen LogP contribution >= 0.6 is 0 Å². The molecule has 2 saturated heterocycles. The van der Waals surface area contributed by atoms with Gasteiger partial charge < -0.3 is 9.64 Å². The summed E-state index contributed by atoms with van der Waals surface area (Å²) in [7, 11) is 0. The van der Waals surface area contributed by atoms with Gasteiger partial charge in [0.2, 0.25) is 5.91 Å². The largest absolute Gasteiger partial charge is 0.439 e. The molecule has 0 bridgehead atoms. The van der Waals surface area contributed by atoms with Crippen LogP contribution in [0.1, 0.15) is 5.56 Å². The molecule has 0 atom stereocenters. The molecule has 0 N–H and O–H groups in total. The SMILES string of the molecule is O=C(Cc1cccc2ccccc12)N1CC(N2C(=O)COC2=O)C1. The van der Waals surface area contributed by atoms with Crippen LogP contribution in [-0.2, 0) is 20.7 Å². The fraction of sp³-hybridized carbons (Fsp3) is 0.278. The van der Waals surface area contributed by atoms with Gasteiger partial charge in [-0.2, -0.15) is 0 Å². The molecule has 0 saturated carbocycles. The van der Waals surface area contributed by atoms with Crippen LogP contribution in [0.4, 0.5) is 4.79 Å². The van der Waals surface area contributed by atoms with Crippen molar-refractivity contribution in [2.45, 2.75) is 12.5 Å². The van der Waals surface area contributed by atoms with Gasteiger partial charge in [0.15, 0.2) is 6.61 Å². The number of likely N-dealkylation sites (tertiary alicyclic amines) is 1. The third kappa shape index (κ3) is 2.40. The minimum atomic E-state index is -0.605. The lowest BCUT2D eigenvalue weighted by atomic mass is 10.00. The van der Waals surface area contributed by atoms with Crippen molar-refractivity contribution in [3.05, 3.63) is 48.0 Å². The summed E-state index contributed by atoms with van der Waals surface area (Å²) in [5.74, 6) is -0.325. The summed E-state index contributed by atoms with van der Waals surface area (Å²) in [6.45, 7) is 0.564.